The lowest BCUT2D eigenvalue weighted by atomic mass is 9.68. The number of halogens is 1. The Balaban J connectivity index is 1.43. The maximum atomic E-state index is 12.2. The molecule has 2 fully saturated rings. The topological polar surface area (TPSA) is 0 Å². The van der Waals surface area contributed by atoms with Crippen molar-refractivity contribution >= 4 is 0 Å². The second-order valence-corrected chi connectivity index (χ2v) is 8.29. The molecule has 2 aliphatic rings. The monoisotopic (exact) mass is 342 g/mol. The normalized spacial score (nSPS) is 30.6. The van der Waals surface area contributed by atoms with Gasteiger partial charge in [0, 0.05) is 0 Å². The molecule has 0 N–H and O–H groups in total. The number of hydrogen-bond acceptors (Lipinski definition) is 0. The molecule has 1 heteroatoms. The van der Waals surface area contributed by atoms with Gasteiger partial charge in [-0.05, 0) is 99.0 Å². The number of rotatable bonds is 6. The third-order valence-corrected chi connectivity index (χ3v) is 6.80. The largest absolute Gasteiger partial charge is 0.251 e. The molecule has 0 saturated heterocycles. The van der Waals surface area contributed by atoms with Crippen LogP contribution >= 0.6 is 0 Å². The molecule has 0 amide bonds. The molecule has 1 aromatic carbocycles. The Morgan fingerprint density at radius 1 is 0.880 bits per heavy atom. The smallest absolute Gasteiger partial charge is 0.0928 e. The lowest BCUT2D eigenvalue weighted by Gasteiger charge is -2.37. The van der Waals surface area contributed by atoms with Crippen molar-refractivity contribution in [2.45, 2.75) is 77.0 Å². The minimum atomic E-state index is -0.212. The predicted octanol–water partition coefficient (Wildman–Crippen LogP) is 7.25. The quantitative estimate of drug-likeness (QED) is 0.478. The Morgan fingerprint density at radius 3 is 2.04 bits per heavy atom. The predicted molar refractivity (Wildman–Crippen MR) is 106 cm³/mol. The van der Waals surface area contributed by atoms with Crippen LogP contribution in [-0.2, 0) is 6.42 Å². The van der Waals surface area contributed by atoms with E-state index in [-0.39, 0.29) is 6.67 Å². The van der Waals surface area contributed by atoms with Crippen LogP contribution in [0.4, 0.5) is 4.39 Å². The summed E-state index contributed by atoms with van der Waals surface area (Å²) in [5, 5.41) is 0. The second-order valence-electron chi connectivity index (χ2n) is 8.29. The van der Waals surface area contributed by atoms with Crippen molar-refractivity contribution in [1.82, 2.24) is 0 Å². The molecule has 0 aromatic heterocycles. The first-order chi connectivity index (χ1) is 12.3. The Bertz CT molecular complexity index is 514. The van der Waals surface area contributed by atoms with Crippen LogP contribution in [0.3, 0.4) is 0 Å². The van der Waals surface area contributed by atoms with Crippen LogP contribution in [0.25, 0.3) is 0 Å². The van der Waals surface area contributed by atoms with E-state index in [1.54, 1.807) is 5.56 Å². The fourth-order valence-electron chi connectivity index (χ4n) is 5.11. The highest BCUT2D eigenvalue weighted by atomic mass is 19.1. The van der Waals surface area contributed by atoms with Crippen LogP contribution < -0.4 is 0 Å². The summed E-state index contributed by atoms with van der Waals surface area (Å²) in [5.41, 5.74) is 3.02. The number of hydrogen-bond donors (Lipinski definition) is 0. The lowest BCUT2D eigenvalue weighted by molar-refractivity contribution is 0.171. The van der Waals surface area contributed by atoms with Crippen molar-refractivity contribution in [2.75, 3.05) is 6.67 Å². The van der Waals surface area contributed by atoms with E-state index in [1.807, 2.05) is 0 Å². The summed E-state index contributed by atoms with van der Waals surface area (Å²) in [5.74, 6) is 3.43. The molecule has 0 unspecified atom stereocenters. The van der Waals surface area contributed by atoms with Gasteiger partial charge >= 0.3 is 0 Å². The maximum absolute atomic E-state index is 12.2. The van der Waals surface area contributed by atoms with E-state index < -0.39 is 0 Å². The van der Waals surface area contributed by atoms with Crippen molar-refractivity contribution < 1.29 is 4.39 Å². The highest BCUT2D eigenvalue weighted by Crippen LogP contribution is 2.44. The summed E-state index contributed by atoms with van der Waals surface area (Å²) < 4.78 is 12.2. The van der Waals surface area contributed by atoms with Gasteiger partial charge in [-0.25, -0.2) is 0 Å². The Morgan fingerprint density at radius 2 is 1.48 bits per heavy atom. The van der Waals surface area contributed by atoms with E-state index in [4.69, 9.17) is 0 Å². The van der Waals surface area contributed by atoms with Gasteiger partial charge in [-0.15, -0.1) is 0 Å². The number of benzene rings is 1. The van der Waals surface area contributed by atoms with Crippen molar-refractivity contribution in [1.29, 1.82) is 0 Å². The van der Waals surface area contributed by atoms with Gasteiger partial charge in [0.25, 0.3) is 0 Å². The van der Waals surface area contributed by atoms with Gasteiger partial charge in [0.15, 0.2) is 0 Å². The maximum Gasteiger partial charge on any atom is 0.0928 e. The van der Waals surface area contributed by atoms with Crippen LogP contribution in [0, 0.1) is 17.8 Å². The molecule has 138 valence electrons. The summed E-state index contributed by atoms with van der Waals surface area (Å²) in [6.45, 7) is 2.02. The van der Waals surface area contributed by atoms with Crippen LogP contribution in [-0.4, -0.2) is 6.67 Å². The summed E-state index contributed by atoms with van der Waals surface area (Å²) in [6, 6.07) is 9.38. The third-order valence-electron chi connectivity index (χ3n) is 6.80. The van der Waals surface area contributed by atoms with Crippen LogP contribution in [0.15, 0.2) is 36.4 Å². The zero-order chi connectivity index (χ0) is 17.5. The van der Waals surface area contributed by atoms with E-state index in [0.29, 0.717) is 6.42 Å². The summed E-state index contributed by atoms with van der Waals surface area (Å²) in [6.07, 6.45) is 17.1. The Kier molecular flexibility index (Phi) is 7.13. The third kappa shape index (κ3) is 5.19. The fraction of sp³-hybridized carbons (Fsp3) is 0.667. The fourth-order valence-corrected chi connectivity index (χ4v) is 5.11. The van der Waals surface area contributed by atoms with Crippen LogP contribution in [0.1, 0.15) is 81.8 Å². The van der Waals surface area contributed by atoms with E-state index in [1.165, 1.54) is 56.9 Å². The average Bonchev–Trinajstić information content (AvgIpc) is 2.69. The minimum Gasteiger partial charge on any atom is -0.251 e. The Labute approximate surface area is 153 Å². The van der Waals surface area contributed by atoms with Gasteiger partial charge in [-0.3, -0.25) is 4.39 Å². The zero-order valence-electron chi connectivity index (χ0n) is 15.9. The lowest BCUT2D eigenvalue weighted by Crippen LogP contribution is -2.25. The molecular weight excluding hydrogens is 307 g/mol. The molecule has 2 aliphatic carbocycles. The highest BCUT2D eigenvalue weighted by Gasteiger charge is 2.30. The number of allylic oxidation sites excluding steroid dienone is 2. The molecule has 3 rings (SSSR count). The molecule has 25 heavy (non-hydrogen) atoms. The highest BCUT2D eigenvalue weighted by molar-refractivity contribution is 5.25. The van der Waals surface area contributed by atoms with Gasteiger partial charge in [0.1, 0.15) is 0 Å². The molecule has 2 saturated carbocycles. The number of aryl methyl sites for hydroxylation is 1. The van der Waals surface area contributed by atoms with Crippen LogP contribution in [0.2, 0.25) is 0 Å². The summed E-state index contributed by atoms with van der Waals surface area (Å²) in [7, 11) is 0. The van der Waals surface area contributed by atoms with E-state index >= 15 is 0 Å². The van der Waals surface area contributed by atoms with Gasteiger partial charge in [0.2, 0.25) is 0 Å². The molecule has 0 spiro atoms. The number of alkyl halides is 1. The molecule has 0 atom stereocenters. The molecule has 1 aromatic rings. The standard InChI is InChI=1S/C24H35F/c1-2-19-6-10-21(11-7-19)23-14-16-24(17-15-23)22-12-8-20(9-13-22)5-3-4-18-25/h3,5-7,10-11,20,22-24H,2,4,8-9,12-18H2,1H3/b5-3+. The van der Waals surface area contributed by atoms with Crippen molar-refractivity contribution in [3.8, 4) is 0 Å². The average molecular weight is 343 g/mol. The van der Waals surface area contributed by atoms with Gasteiger partial charge in [-0.1, -0.05) is 43.3 Å². The van der Waals surface area contributed by atoms with E-state index in [9.17, 15) is 4.39 Å². The summed E-state index contributed by atoms with van der Waals surface area (Å²) in [4.78, 5) is 0. The summed E-state index contributed by atoms with van der Waals surface area (Å²) >= 11 is 0. The minimum absolute atomic E-state index is 0.212. The molecule has 0 nitrogen and oxygen atoms in total. The van der Waals surface area contributed by atoms with E-state index in [0.717, 1.165) is 30.1 Å². The zero-order valence-corrected chi connectivity index (χ0v) is 15.9. The van der Waals surface area contributed by atoms with E-state index in [2.05, 4.69) is 43.3 Å². The first-order valence-electron chi connectivity index (χ1n) is 10.6. The van der Waals surface area contributed by atoms with Crippen LogP contribution in [0.5, 0.6) is 0 Å². The van der Waals surface area contributed by atoms with Gasteiger partial charge in [-0.2, -0.15) is 0 Å². The molecule has 0 radical (unpaired) electrons. The molecular formula is C24H35F. The van der Waals surface area contributed by atoms with Crippen molar-refractivity contribution in [3.63, 3.8) is 0 Å². The van der Waals surface area contributed by atoms with Gasteiger partial charge < -0.3 is 0 Å². The second kappa shape index (κ2) is 9.55. The van der Waals surface area contributed by atoms with Crippen molar-refractivity contribution in [2.24, 2.45) is 17.8 Å². The first-order valence-corrected chi connectivity index (χ1v) is 10.6. The molecule has 0 aliphatic heterocycles. The van der Waals surface area contributed by atoms with Gasteiger partial charge in [0.05, 0.1) is 6.67 Å². The Hall–Kier alpha value is -1.11. The molecule has 0 heterocycles. The SMILES string of the molecule is CCc1ccc(C2CCC(C3CCC(/C=C/CCF)CC3)CC2)cc1. The van der Waals surface area contributed by atoms with Crippen molar-refractivity contribution in [3.05, 3.63) is 47.5 Å². The molecule has 0 bridgehead atoms. The first kappa shape index (κ1) is 18.7.